The van der Waals surface area contributed by atoms with Crippen LogP contribution in [0, 0.1) is 13.8 Å². The lowest BCUT2D eigenvalue weighted by Gasteiger charge is -2.14. The number of urea groups is 1. The molecule has 0 saturated heterocycles. The van der Waals surface area contributed by atoms with Crippen molar-refractivity contribution in [3.8, 4) is 0 Å². The summed E-state index contributed by atoms with van der Waals surface area (Å²) in [5.41, 5.74) is 4.36. The molecule has 0 bridgehead atoms. The van der Waals surface area contributed by atoms with Crippen molar-refractivity contribution in [3.63, 3.8) is 0 Å². The van der Waals surface area contributed by atoms with Crippen molar-refractivity contribution in [2.45, 2.75) is 33.2 Å². The lowest BCUT2D eigenvalue weighted by molar-refractivity contribution is 0.249. The van der Waals surface area contributed by atoms with Crippen molar-refractivity contribution in [2.24, 2.45) is 0 Å². The van der Waals surface area contributed by atoms with Gasteiger partial charge in [0.05, 0.1) is 16.9 Å². The van der Waals surface area contributed by atoms with Crippen LogP contribution in [0.2, 0.25) is 0 Å². The van der Waals surface area contributed by atoms with E-state index in [0.29, 0.717) is 12.1 Å². The first-order chi connectivity index (χ1) is 11.5. The summed E-state index contributed by atoms with van der Waals surface area (Å²) >= 11 is 0. The van der Waals surface area contributed by atoms with Crippen molar-refractivity contribution in [2.75, 3.05) is 5.32 Å². The van der Waals surface area contributed by atoms with Gasteiger partial charge in [0.2, 0.25) is 0 Å². The number of amides is 2. The number of para-hydroxylation sites is 1. The lowest BCUT2D eigenvalue weighted by Crippen LogP contribution is -2.37. The summed E-state index contributed by atoms with van der Waals surface area (Å²) in [6, 6.07) is 11.4. The highest BCUT2D eigenvalue weighted by atomic mass is 16.2. The van der Waals surface area contributed by atoms with Crippen LogP contribution in [0.25, 0.3) is 10.9 Å². The van der Waals surface area contributed by atoms with Gasteiger partial charge in [0.1, 0.15) is 0 Å². The molecule has 0 saturated carbocycles. The number of rotatable bonds is 4. The van der Waals surface area contributed by atoms with Crippen molar-refractivity contribution >= 4 is 22.6 Å². The first-order valence-corrected chi connectivity index (χ1v) is 7.96. The lowest BCUT2D eigenvalue weighted by atomic mass is 10.1. The SMILES string of the molecule is Cc1ccc2cccc(NC(=O)N[C@H](C)Cc3cc(C)[nH]n3)c2n1. The van der Waals surface area contributed by atoms with Crippen molar-refractivity contribution in [1.29, 1.82) is 0 Å². The Bertz CT molecular complexity index is 871. The number of fused-ring (bicyclic) bond motifs is 1. The molecule has 1 atom stereocenters. The zero-order valence-electron chi connectivity index (χ0n) is 14.1. The molecule has 0 aliphatic carbocycles. The van der Waals surface area contributed by atoms with Crippen molar-refractivity contribution < 1.29 is 4.79 Å². The number of nitrogens with zero attached hydrogens (tertiary/aromatic N) is 2. The maximum absolute atomic E-state index is 12.3. The number of hydrogen-bond donors (Lipinski definition) is 3. The fraction of sp³-hybridized carbons (Fsp3) is 0.278. The summed E-state index contributed by atoms with van der Waals surface area (Å²) in [6.45, 7) is 5.84. The van der Waals surface area contributed by atoms with Crippen LogP contribution < -0.4 is 10.6 Å². The quantitative estimate of drug-likeness (QED) is 0.689. The summed E-state index contributed by atoms with van der Waals surface area (Å²) in [4.78, 5) is 16.8. The van der Waals surface area contributed by atoms with E-state index < -0.39 is 0 Å². The Labute approximate surface area is 140 Å². The molecular formula is C18H21N5O. The number of aromatic amines is 1. The van der Waals surface area contributed by atoms with Gasteiger partial charge in [0, 0.05) is 29.2 Å². The minimum Gasteiger partial charge on any atom is -0.335 e. The monoisotopic (exact) mass is 323 g/mol. The van der Waals surface area contributed by atoms with E-state index in [2.05, 4.69) is 25.8 Å². The average Bonchev–Trinajstić information content (AvgIpc) is 2.92. The summed E-state index contributed by atoms with van der Waals surface area (Å²) in [7, 11) is 0. The molecular weight excluding hydrogens is 302 g/mol. The molecule has 24 heavy (non-hydrogen) atoms. The van der Waals surface area contributed by atoms with E-state index in [0.717, 1.165) is 28.0 Å². The van der Waals surface area contributed by atoms with Crippen LogP contribution in [-0.4, -0.2) is 27.3 Å². The third kappa shape index (κ3) is 3.71. The molecule has 124 valence electrons. The van der Waals surface area contributed by atoms with Crippen LogP contribution in [0.5, 0.6) is 0 Å². The molecule has 0 unspecified atom stereocenters. The van der Waals surface area contributed by atoms with Crippen molar-refractivity contribution in [3.05, 3.63) is 53.5 Å². The number of carbonyl (C=O) groups excluding carboxylic acids is 1. The Balaban J connectivity index is 1.67. The van der Waals surface area contributed by atoms with Crippen LogP contribution >= 0.6 is 0 Å². The van der Waals surface area contributed by atoms with Crippen LogP contribution in [0.1, 0.15) is 24.0 Å². The Hall–Kier alpha value is -2.89. The predicted octanol–water partition coefficient (Wildman–Crippen LogP) is 3.33. The molecule has 0 radical (unpaired) electrons. The first kappa shape index (κ1) is 16.0. The van der Waals surface area contributed by atoms with Gasteiger partial charge >= 0.3 is 6.03 Å². The zero-order chi connectivity index (χ0) is 17.1. The zero-order valence-corrected chi connectivity index (χ0v) is 14.1. The first-order valence-electron chi connectivity index (χ1n) is 7.96. The second-order valence-electron chi connectivity index (χ2n) is 6.08. The molecule has 2 heterocycles. The molecule has 0 fully saturated rings. The summed E-state index contributed by atoms with van der Waals surface area (Å²) < 4.78 is 0. The number of anilines is 1. The summed E-state index contributed by atoms with van der Waals surface area (Å²) in [5.74, 6) is 0. The number of hydrogen-bond acceptors (Lipinski definition) is 3. The van der Waals surface area contributed by atoms with Gasteiger partial charge in [-0.1, -0.05) is 18.2 Å². The smallest absolute Gasteiger partial charge is 0.319 e. The molecule has 3 N–H and O–H groups in total. The highest BCUT2D eigenvalue weighted by Gasteiger charge is 2.11. The minimum absolute atomic E-state index is 0.0302. The van der Waals surface area contributed by atoms with Crippen molar-refractivity contribution in [1.82, 2.24) is 20.5 Å². The Kier molecular flexibility index (Phi) is 4.46. The fourth-order valence-electron chi connectivity index (χ4n) is 2.67. The second kappa shape index (κ2) is 6.70. The minimum atomic E-state index is -0.245. The van der Waals surface area contributed by atoms with Gasteiger partial charge in [-0.05, 0) is 39.0 Å². The number of aryl methyl sites for hydroxylation is 2. The van der Waals surface area contributed by atoms with Crippen LogP contribution in [0.4, 0.5) is 10.5 Å². The Morgan fingerprint density at radius 3 is 2.83 bits per heavy atom. The van der Waals surface area contributed by atoms with Crippen LogP contribution in [-0.2, 0) is 6.42 Å². The van der Waals surface area contributed by atoms with E-state index in [9.17, 15) is 4.79 Å². The number of carbonyl (C=O) groups is 1. The largest absolute Gasteiger partial charge is 0.335 e. The van der Waals surface area contributed by atoms with E-state index in [-0.39, 0.29) is 12.1 Å². The van der Waals surface area contributed by atoms with Gasteiger partial charge in [-0.25, -0.2) is 4.79 Å². The van der Waals surface area contributed by atoms with Gasteiger partial charge in [-0.3, -0.25) is 10.1 Å². The average molecular weight is 323 g/mol. The fourth-order valence-corrected chi connectivity index (χ4v) is 2.67. The third-order valence-corrected chi connectivity index (χ3v) is 3.76. The summed E-state index contributed by atoms with van der Waals surface area (Å²) in [6.07, 6.45) is 0.671. The Morgan fingerprint density at radius 1 is 1.25 bits per heavy atom. The van der Waals surface area contributed by atoms with Gasteiger partial charge in [0.25, 0.3) is 0 Å². The Morgan fingerprint density at radius 2 is 2.08 bits per heavy atom. The normalized spacial score (nSPS) is 12.1. The number of aromatic nitrogens is 3. The predicted molar refractivity (Wildman–Crippen MR) is 95.1 cm³/mol. The van der Waals surface area contributed by atoms with Crippen LogP contribution in [0.15, 0.2) is 36.4 Å². The molecule has 3 rings (SSSR count). The number of H-pyrrole nitrogens is 1. The van der Waals surface area contributed by atoms with Gasteiger partial charge in [-0.2, -0.15) is 5.10 Å². The molecule has 2 aromatic heterocycles. The third-order valence-electron chi connectivity index (χ3n) is 3.76. The van der Waals surface area contributed by atoms with Gasteiger partial charge < -0.3 is 10.6 Å². The number of benzene rings is 1. The summed E-state index contributed by atoms with van der Waals surface area (Å²) in [5, 5.41) is 13.9. The molecule has 1 aromatic carbocycles. The topological polar surface area (TPSA) is 82.7 Å². The molecule has 0 aliphatic heterocycles. The standard InChI is InChI=1S/C18H21N5O/c1-11-7-8-14-5-4-6-16(17(14)19-11)21-18(24)20-12(2)9-15-10-13(3)22-23-15/h4-8,10,12H,9H2,1-3H3,(H,22,23)(H2,20,21,24)/t12-/m1/s1. The van der Waals surface area contributed by atoms with E-state index in [1.54, 1.807) is 0 Å². The van der Waals surface area contributed by atoms with E-state index in [1.165, 1.54) is 0 Å². The molecule has 0 aliphatic rings. The maximum atomic E-state index is 12.3. The van der Waals surface area contributed by atoms with E-state index in [4.69, 9.17) is 0 Å². The number of nitrogens with one attached hydrogen (secondary N) is 3. The molecule has 0 spiro atoms. The highest BCUT2D eigenvalue weighted by molar-refractivity contribution is 5.99. The molecule has 2 amide bonds. The molecule has 3 aromatic rings. The molecule has 6 nitrogen and oxygen atoms in total. The second-order valence-corrected chi connectivity index (χ2v) is 6.08. The van der Waals surface area contributed by atoms with E-state index in [1.807, 2.05) is 57.2 Å². The van der Waals surface area contributed by atoms with E-state index >= 15 is 0 Å². The van der Waals surface area contributed by atoms with Crippen LogP contribution in [0.3, 0.4) is 0 Å². The highest BCUT2D eigenvalue weighted by Crippen LogP contribution is 2.21. The number of pyridine rings is 1. The molecule has 6 heteroatoms. The van der Waals surface area contributed by atoms with Gasteiger partial charge in [-0.15, -0.1) is 0 Å². The maximum Gasteiger partial charge on any atom is 0.319 e. The van der Waals surface area contributed by atoms with Gasteiger partial charge in [0.15, 0.2) is 0 Å².